The van der Waals surface area contributed by atoms with Crippen molar-refractivity contribution in [1.29, 1.82) is 10.5 Å². The zero-order chi connectivity index (χ0) is 12.7. The van der Waals surface area contributed by atoms with Gasteiger partial charge in [0.1, 0.15) is 6.42 Å². The highest BCUT2D eigenvalue weighted by atomic mass is 32.1. The van der Waals surface area contributed by atoms with E-state index < -0.39 is 0 Å². The van der Waals surface area contributed by atoms with Crippen molar-refractivity contribution < 1.29 is 4.79 Å². The van der Waals surface area contributed by atoms with Crippen molar-refractivity contribution in [3.8, 4) is 12.1 Å². The normalized spacial score (nSPS) is 11.0. The first-order valence-electron chi connectivity index (χ1n) is 4.99. The molecule has 0 bridgehead atoms. The molecular weight excluding hydrogens is 234 g/mol. The Morgan fingerprint density at radius 1 is 1.41 bits per heavy atom. The van der Waals surface area contributed by atoms with E-state index in [2.05, 4.69) is 17.9 Å². The van der Waals surface area contributed by atoms with Gasteiger partial charge >= 0.3 is 0 Å². The highest BCUT2D eigenvalue weighted by Gasteiger charge is 2.07. The van der Waals surface area contributed by atoms with Crippen LogP contribution in [0.3, 0.4) is 0 Å². The number of anilines is 1. The van der Waals surface area contributed by atoms with Crippen molar-refractivity contribution in [2.45, 2.75) is 18.1 Å². The molecule has 4 nitrogen and oxygen atoms in total. The number of amides is 1. The van der Waals surface area contributed by atoms with Crippen LogP contribution in [0.2, 0.25) is 0 Å². The first kappa shape index (κ1) is 13.1. The third-order valence-corrected chi connectivity index (χ3v) is 2.56. The average Bonchev–Trinajstić information content (AvgIpc) is 2.30. The fraction of sp³-hybridized carbons (Fsp3) is 0.250. The van der Waals surface area contributed by atoms with E-state index in [0.29, 0.717) is 12.1 Å². The third-order valence-electron chi connectivity index (χ3n) is 2.08. The van der Waals surface area contributed by atoms with Gasteiger partial charge < -0.3 is 5.32 Å². The maximum absolute atomic E-state index is 11.2. The van der Waals surface area contributed by atoms with Gasteiger partial charge in [0.2, 0.25) is 5.91 Å². The number of thiol groups is 1. The molecule has 0 spiro atoms. The fourth-order valence-electron chi connectivity index (χ4n) is 1.30. The summed E-state index contributed by atoms with van der Waals surface area (Å²) >= 11 is 4.29. The maximum atomic E-state index is 11.2. The number of nitrogens with zero attached hydrogens (tertiary/aromatic N) is 2. The Morgan fingerprint density at radius 2 is 2.18 bits per heavy atom. The molecule has 1 N–H and O–H groups in total. The second kappa shape index (κ2) is 6.57. The zero-order valence-corrected chi connectivity index (χ0v) is 9.95. The molecule has 1 aromatic carbocycles. The van der Waals surface area contributed by atoms with E-state index in [-0.39, 0.29) is 17.6 Å². The van der Waals surface area contributed by atoms with Gasteiger partial charge in [-0.25, -0.2) is 0 Å². The lowest BCUT2D eigenvalue weighted by molar-refractivity contribution is -0.115. The summed E-state index contributed by atoms with van der Waals surface area (Å²) in [5, 5.41) is 19.4. The van der Waals surface area contributed by atoms with Crippen molar-refractivity contribution in [3.05, 3.63) is 29.8 Å². The molecule has 0 aliphatic carbocycles. The Morgan fingerprint density at radius 3 is 2.82 bits per heavy atom. The molecule has 1 unspecified atom stereocenters. The molecule has 0 aromatic heterocycles. The molecule has 1 rings (SSSR count). The summed E-state index contributed by atoms with van der Waals surface area (Å²) < 4.78 is 0. The average molecular weight is 245 g/mol. The van der Waals surface area contributed by atoms with E-state index in [1.807, 2.05) is 12.1 Å². The molecule has 17 heavy (non-hydrogen) atoms. The van der Waals surface area contributed by atoms with Crippen molar-refractivity contribution in [1.82, 2.24) is 0 Å². The summed E-state index contributed by atoms with van der Waals surface area (Å²) in [5.41, 5.74) is 1.48. The van der Waals surface area contributed by atoms with Crippen LogP contribution in [0.5, 0.6) is 0 Å². The van der Waals surface area contributed by atoms with Crippen LogP contribution in [0.15, 0.2) is 24.3 Å². The topological polar surface area (TPSA) is 76.7 Å². The highest BCUT2D eigenvalue weighted by Crippen LogP contribution is 2.25. The maximum Gasteiger partial charge on any atom is 0.238 e. The Kier molecular flexibility index (Phi) is 5.06. The number of nitriles is 2. The van der Waals surface area contributed by atoms with Gasteiger partial charge in [-0.15, -0.1) is 0 Å². The van der Waals surface area contributed by atoms with Crippen LogP contribution in [0.4, 0.5) is 5.69 Å². The quantitative estimate of drug-likeness (QED) is 0.800. The minimum Gasteiger partial charge on any atom is -0.325 e. The van der Waals surface area contributed by atoms with E-state index in [0.717, 1.165) is 5.56 Å². The first-order chi connectivity index (χ1) is 8.17. The van der Waals surface area contributed by atoms with Crippen molar-refractivity contribution in [3.63, 3.8) is 0 Å². The minimum absolute atomic E-state index is 0.173. The summed E-state index contributed by atoms with van der Waals surface area (Å²) in [6, 6.07) is 10.9. The second-order valence-electron chi connectivity index (χ2n) is 3.39. The second-order valence-corrected chi connectivity index (χ2v) is 4.01. The smallest absolute Gasteiger partial charge is 0.238 e. The number of rotatable bonds is 4. The van der Waals surface area contributed by atoms with Gasteiger partial charge in [-0.1, -0.05) is 12.1 Å². The Bertz CT molecular complexity index is 487. The molecule has 1 amide bonds. The molecule has 0 aliphatic heterocycles. The summed E-state index contributed by atoms with van der Waals surface area (Å²) in [6.07, 6.45) is 0.130. The van der Waals surface area contributed by atoms with Gasteiger partial charge in [-0.2, -0.15) is 23.2 Å². The molecule has 0 saturated carbocycles. The van der Waals surface area contributed by atoms with Gasteiger partial charge in [0.15, 0.2) is 0 Å². The van der Waals surface area contributed by atoms with Crippen LogP contribution >= 0.6 is 12.6 Å². The summed E-state index contributed by atoms with van der Waals surface area (Å²) in [6.45, 7) is 0. The highest BCUT2D eigenvalue weighted by molar-refractivity contribution is 7.80. The van der Waals surface area contributed by atoms with Gasteiger partial charge in [0.05, 0.1) is 18.6 Å². The van der Waals surface area contributed by atoms with Gasteiger partial charge in [0, 0.05) is 10.9 Å². The number of nitrogens with one attached hydrogen (secondary N) is 1. The molecule has 1 atom stereocenters. The van der Waals surface area contributed by atoms with Crippen molar-refractivity contribution >= 4 is 24.2 Å². The molecule has 0 fully saturated rings. The molecule has 0 saturated heterocycles. The SMILES string of the molecule is N#CCC(=O)Nc1cccc(C(S)CC#N)c1. The molecule has 86 valence electrons. The Labute approximate surface area is 105 Å². The van der Waals surface area contributed by atoms with Gasteiger partial charge in [0.25, 0.3) is 0 Å². The Hall–Kier alpha value is -1.98. The van der Waals surface area contributed by atoms with Crippen molar-refractivity contribution in [2.24, 2.45) is 0 Å². The van der Waals surface area contributed by atoms with E-state index in [1.165, 1.54) is 0 Å². The largest absolute Gasteiger partial charge is 0.325 e. The van der Waals surface area contributed by atoms with Crippen LogP contribution in [0.1, 0.15) is 23.7 Å². The van der Waals surface area contributed by atoms with Gasteiger partial charge in [-0.3, -0.25) is 4.79 Å². The molecule has 1 aromatic rings. The zero-order valence-electron chi connectivity index (χ0n) is 9.05. The lowest BCUT2D eigenvalue weighted by Crippen LogP contribution is -2.10. The standard InChI is InChI=1S/C12H11N3OS/c13-6-4-11(17)9-2-1-3-10(8-9)15-12(16)5-7-14/h1-3,8,11,17H,4-5H2,(H,15,16). The fourth-order valence-corrected chi connectivity index (χ4v) is 1.55. The number of carbonyl (C=O) groups excluding carboxylic acids is 1. The van der Waals surface area contributed by atoms with E-state index in [1.54, 1.807) is 24.3 Å². The molecule has 5 heteroatoms. The number of benzene rings is 1. The predicted molar refractivity (Wildman–Crippen MR) is 67.3 cm³/mol. The summed E-state index contributed by atoms with van der Waals surface area (Å²) in [4.78, 5) is 11.2. The molecule has 0 heterocycles. The third kappa shape index (κ3) is 4.18. The van der Waals surface area contributed by atoms with Crippen LogP contribution < -0.4 is 5.32 Å². The summed E-state index contributed by atoms with van der Waals surface area (Å²) in [7, 11) is 0. The number of carbonyl (C=O) groups is 1. The van der Waals surface area contributed by atoms with Crippen LogP contribution in [-0.4, -0.2) is 5.91 Å². The van der Waals surface area contributed by atoms with Crippen molar-refractivity contribution in [2.75, 3.05) is 5.32 Å². The number of hydrogen-bond acceptors (Lipinski definition) is 4. The summed E-state index contributed by atoms with van der Waals surface area (Å²) in [5.74, 6) is -0.347. The first-order valence-corrected chi connectivity index (χ1v) is 5.50. The van der Waals surface area contributed by atoms with E-state index in [9.17, 15) is 4.79 Å². The molecular formula is C12H11N3OS. The van der Waals surface area contributed by atoms with Crippen LogP contribution in [-0.2, 0) is 4.79 Å². The van der Waals surface area contributed by atoms with Crippen LogP contribution in [0, 0.1) is 22.7 Å². The molecule has 0 radical (unpaired) electrons. The molecule has 0 aliphatic rings. The van der Waals surface area contributed by atoms with Crippen LogP contribution in [0.25, 0.3) is 0 Å². The minimum atomic E-state index is -0.347. The van der Waals surface area contributed by atoms with Gasteiger partial charge in [-0.05, 0) is 17.7 Å². The Balaban J connectivity index is 2.77. The number of hydrogen-bond donors (Lipinski definition) is 2. The lowest BCUT2D eigenvalue weighted by atomic mass is 10.1. The predicted octanol–water partition coefficient (Wildman–Crippen LogP) is 2.42. The lowest BCUT2D eigenvalue weighted by Gasteiger charge is -2.09. The van der Waals surface area contributed by atoms with E-state index >= 15 is 0 Å². The van der Waals surface area contributed by atoms with E-state index in [4.69, 9.17) is 10.5 Å². The monoisotopic (exact) mass is 245 g/mol.